The molecule has 0 bridgehead atoms. The third-order valence-electron chi connectivity index (χ3n) is 3.67. The van der Waals surface area contributed by atoms with E-state index in [4.69, 9.17) is 0 Å². The van der Waals surface area contributed by atoms with E-state index in [1.54, 1.807) is 12.1 Å². The zero-order chi connectivity index (χ0) is 13.9. The molecule has 5 heteroatoms. The molecule has 1 fully saturated rings. The van der Waals surface area contributed by atoms with E-state index in [1.165, 1.54) is 0 Å². The van der Waals surface area contributed by atoms with Gasteiger partial charge >= 0.3 is 5.97 Å². The highest BCUT2D eigenvalue weighted by Gasteiger charge is 2.42. The summed E-state index contributed by atoms with van der Waals surface area (Å²) in [5.41, 5.74) is -0.0694. The molecule has 2 rings (SSSR count). The van der Waals surface area contributed by atoms with Gasteiger partial charge in [0.05, 0.1) is 5.41 Å². The molecule has 0 spiro atoms. The van der Waals surface area contributed by atoms with Gasteiger partial charge in [-0.15, -0.1) is 0 Å². The maximum absolute atomic E-state index is 12.0. The van der Waals surface area contributed by atoms with Gasteiger partial charge in [-0.25, -0.2) is 4.98 Å². The van der Waals surface area contributed by atoms with Crippen LogP contribution in [-0.4, -0.2) is 22.0 Å². The first-order valence-corrected chi connectivity index (χ1v) is 6.49. The van der Waals surface area contributed by atoms with Gasteiger partial charge in [0.25, 0.3) is 0 Å². The highest BCUT2D eigenvalue weighted by atomic mass is 16.4. The fourth-order valence-corrected chi connectivity index (χ4v) is 2.63. The first kappa shape index (κ1) is 13.5. The van der Waals surface area contributed by atoms with Gasteiger partial charge in [-0.3, -0.25) is 9.59 Å². The SMILES string of the molecule is Cc1cccc(NC(=O)CC2(C(=O)O)CCCC2)n1. The molecule has 0 unspecified atom stereocenters. The number of carbonyl (C=O) groups excluding carboxylic acids is 1. The molecule has 0 radical (unpaired) electrons. The van der Waals surface area contributed by atoms with E-state index in [0.717, 1.165) is 18.5 Å². The predicted molar refractivity (Wildman–Crippen MR) is 70.8 cm³/mol. The van der Waals surface area contributed by atoms with Gasteiger partial charge in [0.1, 0.15) is 5.82 Å². The van der Waals surface area contributed by atoms with Crippen molar-refractivity contribution >= 4 is 17.7 Å². The minimum atomic E-state index is -0.881. The van der Waals surface area contributed by atoms with Crippen molar-refractivity contribution in [3.05, 3.63) is 23.9 Å². The summed E-state index contributed by atoms with van der Waals surface area (Å²) in [6.07, 6.45) is 2.94. The summed E-state index contributed by atoms with van der Waals surface area (Å²) in [4.78, 5) is 27.5. The van der Waals surface area contributed by atoms with Crippen molar-refractivity contribution in [3.8, 4) is 0 Å². The molecule has 0 aromatic carbocycles. The summed E-state index contributed by atoms with van der Waals surface area (Å²) in [6, 6.07) is 5.35. The van der Waals surface area contributed by atoms with Crippen molar-refractivity contribution in [2.75, 3.05) is 5.32 Å². The molecule has 1 heterocycles. The number of amides is 1. The molecule has 1 aliphatic carbocycles. The van der Waals surface area contributed by atoms with E-state index >= 15 is 0 Å². The molecule has 1 amide bonds. The zero-order valence-electron chi connectivity index (χ0n) is 11.0. The van der Waals surface area contributed by atoms with E-state index in [0.29, 0.717) is 18.7 Å². The lowest BCUT2D eigenvalue weighted by Gasteiger charge is -2.22. The summed E-state index contributed by atoms with van der Waals surface area (Å²) in [5, 5.41) is 12.0. The Morgan fingerprint density at radius 3 is 2.63 bits per heavy atom. The van der Waals surface area contributed by atoms with E-state index < -0.39 is 11.4 Å². The van der Waals surface area contributed by atoms with E-state index in [2.05, 4.69) is 10.3 Å². The topological polar surface area (TPSA) is 79.3 Å². The highest BCUT2D eigenvalue weighted by Crippen LogP contribution is 2.41. The molecule has 1 aromatic rings. The lowest BCUT2D eigenvalue weighted by molar-refractivity contribution is -0.150. The van der Waals surface area contributed by atoms with Crippen LogP contribution in [0, 0.1) is 12.3 Å². The van der Waals surface area contributed by atoms with Crippen LogP contribution in [0.3, 0.4) is 0 Å². The second kappa shape index (κ2) is 5.38. The summed E-state index contributed by atoms with van der Waals surface area (Å²) in [5.74, 6) is -0.664. The first-order valence-electron chi connectivity index (χ1n) is 6.49. The smallest absolute Gasteiger partial charge is 0.310 e. The van der Waals surface area contributed by atoms with Gasteiger partial charge in [0.15, 0.2) is 0 Å². The van der Waals surface area contributed by atoms with Crippen LogP contribution in [0.25, 0.3) is 0 Å². The van der Waals surface area contributed by atoms with Crippen molar-refractivity contribution < 1.29 is 14.7 Å². The summed E-state index contributed by atoms with van der Waals surface area (Å²) >= 11 is 0. The maximum Gasteiger partial charge on any atom is 0.310 e. The number of aromatic nitrogens is 1. The van der Waals surface area contributed by atoms with Crippen LogP contribution in [0.2, 0.25) is 0 Å². The molecule has 2 N–H and O–H groups in total. The molecular weight excluding hydrogens is 244 g/mol. The molecule has 0 aliphatic heterocycles. The monoisotopic (exact) mass is 262 g/mol. The van der Waals surface area contributed by atoms with E-state index in [-0.39, 0.29) is 12.3 Å². The Morgan fingerprint density at radius 2 is 2.05 bits per heavy atom. The van der Waals surface area contributed by atoms with Crippen LogP contribution in [0.1, 0.15) is 37.8 Å². The average Bonchev–Trinajstić information content (AvgIpc) is 2.78. The Bertz CT molecular complexity index is 493. The number of nitrogens with zero attached hydrogens (tertiary/aromatic N) is 1. The average molecular weight is 262 g/mol. The molecule has 5 nitrogen and oxygen atoms in total. The standard InChI is InChI=1S/C14H18N2O3/c1-10-5-4-6-11(15-10)16-12(17)9-14(13(18)19)7-2-3-8-14/h4-6H,2-3,7-9H2,1H3,(H,18,19)(H,15,16,17). The molecule has 1 aliphatic rings. The number of aliphatic carboxylic acids is 1. The third kappa shape index (κ3) is 3.10. The molecule has 102 valence electrons. The fourth-order valence-electron chi connectivity index (χ4n) is 2.63. The quantitative estimate of drug-likeness (QED) is 0.873. The number of carboxylic acids is 1. The first-order chi connectivity index (χ1) is 9.02. The Kier molecular flexibility index (Phi) is 3.83. The summed E-state index contributed by atoms with van der Waals surface area (Å²) < 4.78 is 0. The molecule has 0 saturated heterocycles. The van der Waals surface area contributed by atoms with Crippen LogP contribution in [0.4, 0.5) is 5.82 Å². The van der Waals surface area contributed by atoms with Crippen molar-refractivity contribution in [1.82, 2.24) is 4.98 Å². The number of hydrogen-bond acceptors (Lipinski definition) is 3. The molecule has 1 aromatic heterocycles. The minimum absolute atomic E-state index is 0.0257. The number of nitrogens with one attached hydrogen (secondary N) is 1. The van der Waals surface area contributed by atoms with Crippen LogP contribution in [-0.2, 0) is 9.59 Å². The van der Waals surface area contributed by atoms with Crippen LogP contribution < -0.4 is 5.32 Å². The van der Waals surface area contributed by atoms with Gasteiger partial charge in [0, 0.05) is 12.1 Å². The normalized spacial score (nSPS) is 17.1. The van der Waals surface area contributed by atoms with Crippen LogP contribution >= 0.6 is 0 Å². The fraction of sp³-hybridized carbons (Fsp3) is 0.500. The second-order valence-corrected chi connectivity index (χ2v) is 5.18. The van der Waals surface area contributed by atoms with Gasteiger partial charge in [-0.1, -0.05) is 18.9 Å². The van der Waals surface area contributed by atoms with Crippen molar-refractivity contribution in [1.29, 1.82) is 0 Å². The number of pyridine rings is 1. The van der Waals surface area contributed by atoms with Gasteiger partial charge in [-0.2, -0.15) is 0 Å². The second-order valence-electron chi connectivity index (χ2n) is 5.18. The van der Waals surface area contributed by atoms with Crippen molar-refractivity contribution in [3.63, 3.8) is 0 Å². The zero-order valence-corrected chi connectivity index (χ0v) is 11.0. The predicted octanol–water partition coefficient (Wildman–Crippen LogP) is 2.36. The lowest BCUT2D eigenvalue weighted by atomic mass is 9.82. The highest BCUT2D eigenvalue weighted by molar-refractivity contribution is 5.93. The summed E-state index contributed by atoms with van der Waals surface area (Å²) in [7, 11) is 0. The Labute approximate surface area is 112 Å². The van der Waals surface area contributed by atoms with Gasteiger partial charge < -0.3 is 10.4 Å². The number of anilines is 1. The van der Waals surface area contributed by atoms with Gasteiger partial charge in [0.2, 0.25) is 5.91 Å². The molecule has 1 saturated carbocycles. The van der Waals surface area contributed by atoms with Crippen LogP contribution in [0.15, 0.2) is 18.2 Å². The van der Waals surface area contributed by atoms with Crippen molar-refractivity contribution in [2.24, 2.45) is 5.41 Å². The largest absolute Gasteiger partial charge is 0.481 e. The number of rotatable bonds is 4. The van der Waals surface area contributed by atoms with E-state index in [1.807, 2.05) is 13.0 Å². The Morgan fingerprint density at radius 1 is 1.37 bits per heavy atom. The number of carboxylic acid groups (broad SMARTS) is 1. The minimum Gasteiger partial charge on any atom is -0.481 e. The van der Waals surface area contributed by atoms with Crippen molar-refractivity contribution in [2.45, 2.75) is 39.0 Å². The number of hydrogen-bond donors (Lipinski definition) is 2. The van der Waals surface area contributed by atoms with Gasteiger partial charge in [-0.05, 0) is 31.9 Å². The third-order valence-corrected chi connectivity index (χ3v) is 3.67. The van der Waals surface area contributed by atoms with E-state index in [9.17, 15) is 14.7 Å². The maximum atomic E-state index is 12.0. The summed E-state index contributed by atoms with van der Waals surface area (Å²) in [6.45, 7) is 1.84. The lowest BCUT2D eigenvalue weighted by Crippen LogP contribution is -2.32. The molecule has 19 heavy (non-hydrogen) atoms. The number of carbonyl (C=O) groups is 2. The Balaban J connectivity index is 2.02. The van der Waals surface area contributed by atoms with Crippen LogP contribution in [0.5, 0.6) is 0 Å². The molecular formula is C14H18N2O3. The molecule has 0 atom stereocenters. The number of aryl methyl sites for hydroxylation is 1. The Hall–Kier alpha value is -1.91.